The van der Waals surface area contributed by atoms with Crippen LogP contribution in [0.3, 0.4) is 0 Å². The lowest BCUT2D eigenvalue weighted by Gasteiger charge is -2.29. The summed E-state index contributed by atoms with van der Waals surface area (Å²) in [5.41, 5.74) is 1.82. The first-order valence-electron chi connectivity index (χ1n) is 10.5. The van der Waals surface area contributed by atoms with Crippen LogP contribution in [-0.4, -0.2) is 44.5 Å². The molecule has 2 aromatic carbocycles. The summed E-state index contributed by atoms with van der Waals surface area (Å²) in [5.74, 6) is 1.09. The van der Waals surface area contributed by atoms with Gasteiger partial charge in [0.1, 0.15) is 10.8 Å². The molecule has 34 heavy (non-hydrogen) atoms. The SMILES string of the molecule is CCCN1C(=O)COc2ccc(Nc3nc(Nc4cccc(S(=O)(=O)NC)c4)ncc3Cl)cc21. The highest BCUT2D eigenvalue weighted by Crippen LogP contribution is 2.36. The van der Waals surface area contributed by atoms with Gasteiger partial charge in [-0.25, -0.2) is 18.1 Å². The number of anilines is 5. The lowest BCUT2D eigenvalue weighted by atomic mass is 10.2. The topological polar surface area (TPSA) is 126 Å². The number of ether oxygens (including phenoxy) is 1. The molecule has 1 aromatic heterocycles. The van der Waals surface area contributed by atoms with Crippen molar-refractivity contribution in [2.24, 2.45) is 0 Å². The van der Waals surface area contributed by atoms with Crippen molar-refractivity contribution in [2.75, 3.05) is 35.7 Å². The van der Waals surface area contributed by atoms with Crippen LogP contribution in [-0.2, 0) is 14.8 Å². The third kappa shape index (κ3) is 5.06. The fraction of sp³-hybridized carbons (Fsp3) is 0.227. The summed E-state index contributed by atoms with van der Waals surface area (Å²) in [6.07, 6.45) is 2.24. The lowest BCUT2D eigenvalue weighted by Crippen LogP contribution is -2.39. The molecule has 3 N–H and O–H groups in total. The van der Waals surface area contributed by atoms with E-state index in [9.17, 15) is 13.2 Å². The van der Waals surface area contributed by atoms with Gasteiger partial charge in [-0.1, -0.05) is 24.6 Å². The summed E-state index contributed by atoms with van der Waals surface area (Å²) < 4.78 is 31.9. The van der Waals surface area contributed by atoms with Crippen LogP contribution in [0.5, 0.6) is 5.75 Å². The zero-order chi connectivity index (χ0) is 24.3. The predicted octanol–water partition coefficient (Wildman–Crippen LogP) is 3.66. The van der Waals surface area contributed by atoms with Gasteiger partial charge in [0.05, 0.1) is 16.8 Å². The van der Waals surface area contributed by atoms with Gasteiger partial charge in [-0.2, -0.15) is 4.98 Å². The van der Waals surface area contributed by atoms with Crippen LogP contribution in [0, 0.1) is 0 Å². The first kappa shape index (κ1) is 23.7. The monoisotopic (exact) mass is 502 g/mol. The molecule has 0 spiro atoms. The van der Waals surface area contributed by atoms with E-state index in [4.69, 9.17) is 16.3 Å². The van der Waals surface area contributed by atoms with Crippen molar-refractivity contribution in [1.29, 1.82) is 0 Å². The van der Waals surface area contributed by atoms with E-state index in [2.05, 4.69) is 25.3 Å². The van der Waals surface area contributed by atoms with Gasteiger partial charge in [-0.3, -0.25) is 4.79 Å². The Balaban J connectivity index is 1.58. The zero-order valence-electron chi connectivity index (χ0n) is 18.5. The number of benzene rings is 2. The zero-order valence-corrected chi connectivity index (χ0v) is 20.1. The second-order valence-electron chi connectivity index (χ2n) is 7.39. The Hall–Kier alpha value is -3.41. The number of nitrogens with one attached hydrogen (secondary N) is 3. The van der Waals surface area contributed by atoms with Gasteiger partial charge in [-0.15, -0.1) is 0 Å². The van der Waals surface area contributed by atoms with E-state index in [1.807, 2.05) is 6.92 Å². The highest BCUT2D eigenvalue weighted by Gasteiger charge is 2.25. The molecule has 1 aliphatic rings. The van der Waals surface area contributed by atoms with Crippen LogP contribution in [0.4, 0.5) is 28.8 Å². The standard InChI is InChI=1S/C22H23ClN6O4S/c1-3-9-29-18-11-15(7-8-19(18)33-13-20(29)30)26-21-17(23)12-25-22(28-21)27-14-5-4-6-16(10-14)34(31,32)24-2/h4-8,10-12,24H,3,9,13H2,1-2H3,(H2,25,26,27,28). The first-order chi connectivity index (χ1) is 16.3. The van der Waals surface area contributed by atoms with Gasteiger partial charge in [-0.05, 0) is 49.9 Å². The number of fused-ring (bicyclic) bond motifs is 1. The molecule has 1 amide bonds. The smallest absolute Gasteiger partial charge is 0.265 e. The Kier molecular flexibility index (Phi) is 6.87. The molecule has 3 aromatic rings. The van der Waals surface area contributed by atoms with Crippen molar-refractivity contribution in [3.63, 3.8) is 0 Å². The van der Waals surface area contributed by atoms with Crippen LogP contribution in [0.2, 0.25) is 5.02 Å². The molecule has 0 bridgehead atoms. The van der Waals surface area contributed by atoms with E-state index in [0.29, 0.717) is 35.2 Å². The van der Waals surface area contributed by atoms with E-state index in [1.54, 1.807) is 35.2 Å². The Morgan fingerprint density at radius 3 is 2.71 bits per heavy atom. The van der Waals surface area contributed by atoms with Crippen molar-refractivity contribution in [3.05, 3.63) is 53.7 Å². The fourth-order valence-corrected chi connectivity index (χ4v) is 4.30. The molecule has 0 saturated heterocycles. The van der Waals surface area contributed by atoms with Gasteiger partial charge in [0.25, 0.3) is 5.91 Å². The number of carbonyl (C=O) groups is 1. The van der Waals surface area contributed by atoms with E-state index >= 15 is 0 Å². The number of halogens is 1. The third-order valence-corrected chi connectivity index (χ3v) is 6.71. The Bertz CT molecular complexity index is 1330. The van der Waals surface area contributed by atoms with Crippen LogP contribution in [0.15, 0.2) is 53.6 Å². The number of hydrogen-bond acceptors (Lipinski definition) is 8. The third-order valence-electron chi connectivity index (χ3n) is 5.03. The molecule has 4 rings (SSSR count). The molecule has 1 aliphatic heterocycles. The van der Waals surface area contributed by atoms with Gasteiger partial charge in [0, 0.05) is 17.9 Å². The second-order valence-corrected chi connectivity index (χ2v) is 9.69. The maximum Gasteiger partial charge on any atom is 0.265 e. The average Bonchev–Trinajstić information content (AvgIpc) is 2.83. The molecule has 0 fully saturated rings. The number of carbonyl (C=O) groups excluding carboxylic acids is 1. The van der Waals surface area contributed by atoms with Crippen LogP contribution in [0.25, 0.3) is 0 Å². The number of amides is 1. The van der Waals surface area contributed by atoms with Gasteiger partial charge in [0.15, 0.2) is 12.4 Å². The summed E-state index contributed by atoms with van der Waals surface area (Å²) in [6.45, 7) is 2.61. The normalized spacial score (nSPS) is 13.3. The summed E-state index contributed by atoms with van der Waals surface area (Å²) in [5, 5.41) is 6.42. The van der Waals surface area contributed by atoms with E-state index in [-0.39, 0.29) is 28.4 Å². The molecular formula is C22H23ClN6O4S. The average molecular weight is 503 g/mol. The summed E-state index contributed by atoms with van der Waals surface area (Å²) >= 11 is 6.31. The summed E-state index contributed by atoms with van der Waals surface area (Å²) in [4.78, 5) is 22.7. The van der Waals surface area contributed by atoms with Gasteiger partial charge < -0.3 is 20.3 Å². The Morgan fingerprint density at radius 2 is 1.94 bits per heavy atom. The number of nitrogens with zero attached hydrogens (tertiary/aromatic N) is 3. The molecular weight excluding hydrogens is 480 g/mol. The van der Waals surface area contributed by atoms with Crippen LogP contribution < -0.4 is 25.0 Å². The van der Waals surface area contributed by atoms with Crippen molar-refractivity contribution < 1.29 is 17.9 Å². The number of rotatable bonds is 8. The summed E-state index contributed by atoms with van der Waals surface area (Å²) in [7, 11) is -2.24. The minimum Gasteiger partial charge on any atom is -0.482 e. The van der Waals surface area contributed by atoms with Gasteiger partial charge >= 0.3 is 0 Å². The molecule has 10 nitrogen and oxygen atoms in total. The molecule has 0 unspecified atom stereocenters. The van der Waals surface area contributed by atoms with Crippen molar-refractivity contribution in [3.8, 4) is 5.75 Å². The lowest BCUT2D eigenvalue weighted by molar-refractivity contribution is -0.121. The van der Waals surface area contributed by atoms with Gasteiger partial charge in [0.2, 0.25) is 16.0 Å². The fourth-order valence-electron chi connectivity index (χ4n) is 3.39. The number of sulfonamides is 1. The number of aromatic nitrogens is 2. The maximum absolute atomic E-state index is 12.3. The molecule has 178 valence electrons. The van der Waals surface area contributed by atoms with Crippen LogP contribution >= 0.6 is 11.6 Å². The van der Waals surface area contributed by atoms with Crippen molar-refractivity contribution >= 4 is 56.4 Å². The van der Waals surface area contributed by atoms with E-state index < -0.39 is 10.0 Å². The Labute approximate surface area is 202 Å². The summed E-state index contributed by atoms with van der Waals surface area (Å²) in [6, 6.07) is 11.7. The quantitative estimate of drug-likeness (QED) is 0.426. The number of hydrogen-bond donors (Lipinski definition) is 3. The minimum atomic E-state index is -3.59. The highest BCUT2D eigenvalue weighted by molar-refractivity contribution is 7.89. The van der Waals surface area contributed by atoms with E-state index in [0.717, 1.165) is 6.42 Å². The molecule has 0 radical (unpaired) electrons. The van der Waals surface area contributed by atoms with E-state index in [1.165, 1.54) is 25.4 Å². The first-order valence-corrected chi connectivity index (χ1v) is 12.3. The second kappa shape index (κ2) is 9.84. The molecule has 12 heteroatoms. The molecule has 0 atom stereocenters. The predicted molar refractivity (Wildman–Crippen MR) is 131 cm³/mol. The molecule has 0 aliphatic carbocycles. The minimum absolute atomic E-state index is 0.0172. The maximum atomic E-state index is 12.3. The van der Waals surface area contributed by atoms with Crippen molar-refractivity contribution in [2.45, 2.75) is 18.2 Å². The molecule has 0 saturated carbocycles. The largest absolute Gasteiger partial charge is 0.482 e. The van der Waals surface area contributed by atoms with Crippen LogP contribution in [0.1, 0.15) is 13.3 Å². The Morgan fingerprint density at radius 1 is 1.15 bits per heavy atom. The highest BCUT2D eigenvalue weighted by atomic mass is 35.5. The molecule has 2 heterocycles. The van der Waals surface area contributed by atoms with Crippen molar-refractivity contribution in [1.82, 2.24) is 14.7 Å².